The molecule has 0 saturated carbocycles. The number of urea groups is 1. The highest BCUT2D eigenvalue weighted by Gasteiger charge is 2.18. The van der Waals surface area contributed by atoms with Crippen LogP contribution in [0, 0.1) is 5.82 Å². The van der Waals surface area contributed by atoms with Crippen molar-refractivity contribution in [1.82, 2.24) is 20.6 Å². The highest BCUT2D eigenvalue weighted by molar-refractivity contribution is 8.00. The predicted molar refractivity (Wildman–Crippen MR) is 104 cm³/mol. The van der Waals surface area contributed by atoms with Crippen LogP contribution in [0.5, 0.6) is 0 Å². The van der Waals surface area contributed by atoms with Gasteiger partial charge in [-0.3, -0.25) is 14.9 Å². The number of fused-ring (bicyclic) bond motifs is 1. The van der Waals surface area contributed by atoms with Gasteiger partial charge in [-0.15, -0.1) is 0 Å². The van der Waals surface area contributed by atoms with E-state index in [2.05, 4.69) is 20.6 Å². The van der Waals surface area contributed by atoms with E-state index < -0.39 is 28.6 Å². The fourth-order valence-electron chi connectivity index (χ4n) is 2.40. The maximum absolute atomic E-state index is 13.2. The molecule has 9 heteroatoms. The number of rotatable bonds is 5. The van der Waals surface area contributed by atoms with Crippen LogP contribution in [0.1, 0.15) is 12.5 Å². The summed E-state index contributed by atoms with van der Waals surface area (Å²) < 4.78 is 13.2. The third-order valence-corrected chi connectivity index (χ3v) is 4.82. The van der Waals surface area contributed by atoms with Crippen LogP contribution >= 0.6 is 11.8 Å². The van der Waals surface area contributed by atoms with Crippen LogP contribution < -0.4 is 16.2 Å². The minimum Gasteiger partial charge on any atom is -0.334 e. The molecule has 1 atom stereocenters. The number of aromatic amines is 1. The molecular formula is C19H17FN4O3S. The summed E-state index contributed by atoms with van der Waals surface area (Å²) in [5, 5.41) is 4.49. The third-order valence-electron chi connectivity index (χ3n) is 3.84. The topological polar surface area (TPSA) is 104 Å². The van der Waals surface area contributed by atoms with Gasteiger partial charge in [0.2, 0.25) is 5.91 Å². The maximum Gasteiger partial charge on any atom is 0.321 e. The number of aromatic nitrogens is 2. The first-order chi connectivity index (χ1) is 13.4. The number of amides is 3. The van der Waals surface area contributed by atoms with Crippen molar-refractivity contribution in [3.05, 3.63) is 70.3 Å². The molecule has 0 aliphatic carbocycles. The van der Waals surface area contributed by atoms with Gasteiger partial charge in [0, 0.05) is 6.54 Å². The Morgan fingerprint density at radius 2 is 1.96 bits per heavy atom. The highest BCUT2D eigenvalue weighted by atomic mass is 32.2. The molecule has 0 fully saturated rings. The molecule has 0 unspecified atom stereocenters. The monoisotopic (exact) mass is 400 g/mol. The number of H-pyrrole nitrogens is 1. The van der Waals surface area contributed by atoms with E-state index in [0.29, 0.717) is 5.52 Å². The number of nitrogens with zero attached hydrogens (tertiary/aromatic N) is 1. The number of hydrogen-bond acceptors (Lipinski definition) is 5. The molecule has 3 amide bonds. The first-order valence-corrected chi connectivity index (χ1v) is 9.29. The smallest absolute Gasteiger partial charge is 0.321 e. The largest absolute Gasteiger partial charge is 0.334 e. The van der Waals surface area contributed by atoms with Gasteiger partial charge in [-0.1, -0.05) is 42.1 Å². The number of halogens is 1. The Labute approximate surface area is 163 Å². The molecule has 0 aliphatic rings. The van der Waals surface area contributed by atoms with Gasteiger partial charge in [-0.2, -0.15) is 0 Å². The molecule has 3 rings (SSSR count). The quantitative estimate of drug-likeness (QED) is 0.451. The number of imide groups is 1. The van der Waals surface area contributed by atoms with Crippen LogP contribution in [-0.2, 0) is 11.3 Å². The lowest BCUT2D eigenvalue weighted by Crippen LogP contribution is -2.42. The summed E-state index contributed by atoms with van der Waals surface area (Å²) in [6, 6.07) is 12.4. The zero-order valence-electron chi connectivity index (χ0n) is 14.9. The van der Waals surface area contributed by atoms with Gasteiger partial charge in [-0.25, -0.2) is 14.2 Å². The van der Waals surface area contributed by atoms with Gasteiger partial charge in [0.15, 0.2) is 5.16 Å². The Bertz CT molecular complexity index is 1070. The van der Waals surface area contributed by atoms with E-state index in [1.807, 2.05) is 30.3 Å². The molecule has 1 aromatic heterocycles. The number of carbonyl (C=O) groups is 2. The summed E-state index contributed by atoms with van der Waals surface area (Å²) >= 11 is 0.989. The minimum absolute atomic E-state index is 0.127. The van der Waals surface area contributed by atoms with E-state index in [1.54, 1.807) is 6.92 Å². The first-order valence-electron chi connectivity index (χ1n) is 8.41. The molecule has 2 aromatic carbocycles. The summed E-state index contributed by atoms with van der Waals surface area (Å²) in [4.78, 5) is 42.9. The minimum atomic E-state index is -0.691. The van der Waals surface area contributed by atoms with E-state index in [-0.39, 0.29) is 17.1 Å². The molecule has 144 valence electrons. The Kier molecular flexibility index (Phi) is 6.05. The number of benzene rings is 2. The molecule has 3 N–H and O–H groups in total. The normalized spacial score (nSPS) is 11.8. The Morgan fingerprint density at radius 3 is 2.71 bits per heavy atom. The zero-order chi connectivity index (χ0) is 20.1. The van der Waals surface area contributed by atoms with Crippen LogP contribution in [-0.4, -0.2) is 27.2 Å². The highest BCUT2D eigenvalue weighted by Crippen LogP contribution is 2.20. The number of thioether (sulfide) groups is 1. The second kappa shape index (κ2) is 8.66. The SMILES string of the molecule is C[C@@H](Sc1nc2ccc(F)cc2c(=O)[nH]1)C(=O)NC(=O)NCc1ccccc1. The van der Waals surface area contributed by atoms with Gasteiger partial charge in [-0.05, 0) is 30.7 Å². The fraction of sp³-hybridized carbons (Fsp3) is 0.158. The summed E-state index contributed by atoms with van der Waals surface area (Å²) in [6.45, 7) is 1.87. The number of carbonyl (C=O) groups excluding carboxylic acids is 2. The van der Waals surface area contributed by atoms with E-state index >= 15 is 0 Å². The van der Waals surface area contributed by atoms with Crippen molar-refractivity contribution >= 4 is 34.6 Å². The zero-order valence-corrected chi connectivity index (χ0v) is 15.7. The van der Waals surface area contributed by atoms with Crippen molar-refractivity contribution in [2.45, 2.75) is 23.9 Å². The second-order valence-electron chi connectivity index (χ2n) is 5.95. The molecule has 0 spiro atoms. The molecule has 0 aliphatic heterocycles. The predicted octanol–water partition coefficient (Wildman–Crippen LogP) is 2.57. The lowest BCUT2D eigenvalue weighted by Gasteiger charge is -2.11. The van der Waals surface area contributed by atoms with Gasteiger partial charge in [0.25, 0.3) is 5.56 Å². The molecular weight excluding hydrogens is 383 g/mol. The van der Waals surface area contributed by atoms with Crippen molar-refractivity contribution in [3.63, 3.8) is 0 Å². The standard InChI is InChI=1S/C19H17FN4O3S/c1-11(16(25)23-18(27)21-10-12-5-3-2-4-6-12)28-19-22-15-8-7-13(20)9-14(15)17(26)24-19/h2-9,11H,10H2,1H3,(H,22,24,26)(H2,21,23,25,27)/t11-/m1/s1. The van der Waals surface area contributed by atoms with Gasteiger partial charge < -0.3 is 10.3 Å². The van der Waals surface area contributed by atoms with Crippen molar-refractivity contribution in [1.29, 1.82) is 0 Å². The molecule has 0 radical (unpaired) electrons. The lowest BCUT2D eigenvalue weighted by atomic mass is 10.2. The number of nitrogens with one attached hydrogen (secondary N) is 3. The van der Waals surface area contributed by atoms with Crippen molar-refractivity contribution in [2.24, 2.45) is 0 Å². The van der Waals surface area contributed by atoms with Gasteiger partial charge in [0.1, 0.15) is 5.82 Å². The van der Waals surface area contributed by atoms with E-state index in [4.69, 9.17) is 0 Å². The Balaban J connectivity index is 1.59. The fourth-order valence-corrected chi connectivity index (χ4v) is 3.21. The molecule has 1 heterocycles. The van der Waals surface area contributed by atoms with Crippen molar-refractivity contribution in [3.8, 4) is 0 Å². The molecule has 28 heavy (non-hydrogen) atoms. The van der Waals surface area contributed by atoms with Crippen LogP contribution in [0.3, 0.4) is 0 Å². The summed E-state index contributed by atoms with van der Waals surface area (Å²) in [6.07, 6.45) is 0. The summed E-state index contributed by atoms with van der Waals surface area (Å²) in [7, 11) is 0. The molecule has 0 bridgehead atoms. The Hall–Kier alpha value is -3.20. The van der Waals surface area contributed by atoms with Gasteiger partial charge in [0.05, 0.1) is 16.2 Å². The maximum atomic E-state index is 13.2. The van der Waals surface area contributed by atoms with Crippen molar-refractivity contribution in [2.75, 3.05) is 0 Å². The molecule has 7 nitrogen and oxygen atoms in total. The van der Waals surface area contributed by atoms with E-state index in [1.165, 1.54) is 12.1 Å². The Morgan fingerprint density at radius 1 is 1.21 bits per heavy atom. The second-order valence-corrected chi connectivity index (χ2v) is 7.28. The van der Waals surface area contributed by atoms with Gasteiger partial charge >= 0.3 is 6.03 Å². The molecule has 0 saturated heterocycles. The lowest BCUT2D eigenvalue weighted by molar-refractivity contribution is -0.119. The van der Waals surface area contributed by atoms with Crippen molar-refractivity contribution < 1.29 is 14.0 Å². The first kappa shape index (κ1) is 19.6. The van der Waals surface area contributed by atoms with Crippen LogP contribution in [0.25, 0.3) is 10.9 Å². The average Bonchev–Trinajstić information content (AvgIpc) is 2.68. The van der Waals surface area contributed by atoms with Crippen LogP contribution in [0.4, 0.5) is 9.18 Å². The number of hydrogen-bond donors (Lipinski definition) is 3. The van der Waals surface area contributed by atoms with Crippen LogP contribution in [0.2, 0.25) is 0 Å². The van der Waals surface area contributed by atoms with E-state index in [0.717, 1.165) is 23.4 Å². The summed E-state index contributed by atoms with van der Waals surface area (Å²) in [5.74, 6) is -1.06. The third kappa shape index (κ3) is 4.95. The van der Waals surface area contributed by atoms with E-state index in [9.17, 15) is 18.8 Å². The average molecular weight is 400 g/mol. The summed E-state index contributed by atoms with van der Waals surface area (Å²) in [5.41, 5.74) is 0.725. The molecule has 3 aromatic rings. The van der Waals surface area contributed by atoms with Crippen LogP contribution in [0.15, 0.2) is 58.5 Å².